The number of thiophene rings is 1. The number of carboxylic acids is 1. The van der Waals surface area contributed by atoms with E-state index < -0.39 is 40.7 Å². The van der Waals surface area contributed by atoms with Crippen molar-refractivity contribution in [1.29, 1.82) is 0 Å². The Morgan fingerprint density at radius 1 is 0.884 bits per heavy atom. The van der Waals surface area contributed by atoms with Crippen LogP contribution in [-0.2, 0) is 38.5 Å². The van der Waals surface area contributed by atoms with Gasteiger partial charge in [-0.1, -0.05) is 77.3 Å². The van der Waals surface area contributed by atoms with Gasteiger partial charge in [0, 0.05) is 23.1 Å². The van der Waals surface area contributed by atoms with Gasteiger partial charge in [-0.25, -0.2) is 29.1 Å². The van der Waals surface area contributed by atoms with Crippen molar-refractivity contribution < 1.29 is 51.3 Å². The molecule has 2 atom stereocenters. The number of nitrogens with zero attached hydrogens (tertiary/aromatic N) is 4. The molecule has 0 saturated carbocycles. The molecule has 19 heteroatoms. The minimum atomic E-state index is -4.12. The maximum absolute atomic E-state index is 14.1. The zero-order valence-corrected chi connectivity index (χ0v) is 39.8. The van der Waals surface area contributed by atoms with Crippen LogP contribution in [0.5, 0.6) is 23.1 Å². The molecule has 5 aromatic carbocycles. The van der Waals surface area contributed by atoms with E-state index in [-0.39, 0.29) is 52.4 Å². The fourth-order valence-electron chi connectivity index (χ4n) is 7.33. The molecule has 0 aliphatic rings. The first-order valence-corrected chi connectivity index (χ1v) is 24.1. The lowest BCUT2D eigenvalue weighted by molar-refractivity contribution is -0.145. The number of aliphatic carboxylic acids is 1. The van der Waals surface area contributed by atoms with Crippen molar-refractivity contribution in [3.8, 4) is 56.1 Å². The number of ether oxygens (including phenoxy) is 3. The fourth-order valence-corrected chi connectivity index (χ4v) is 9.92. The quantitative estimate of drug-likeness (QED) is 0.0646. The summed E-state index contributed by atoms with van der Waals surface area (Å²) < 4.78 is 63.1. The van der Waals surface area contributed by atoms with Crippen LogP contribution in [0.4, 0.5) is 4.39 Å². The molecule has 69 heavy (non-hydrogen) atoms. The van der Waals surface area contributed by atoms with Crippen LogP contribution in [0.3, 0.4) is 0 Å². The summed E-state index contributed by atoms with van der Waals surface area (Å²) in [5, 5.41) is 32.3. The number of methoxy groups -OCH3 is 1. The third-order valence-corrected chi connectivity index (χ3v) is 13.9. The molecule has 3 N–H and O–H groups in total. The van der Waals surface area contributed by atoms with Crippen molar-refractivity contribution in [2.45, 2.75) is 49.9 Å². The zero-order valence-electron chi connectivity index (χ0n) is 36.7. The summed E-state index contributed by atoms with van der Waals surface area (Å²) in [5.74, 6) is -0.952. The molecule has 0 radical (unpaired) electrons. The second-order valence-corrected chi connectivity index (χ2v) is 19.1. The number of aromatic hydroxyl groups is 1. The number of phenolic OH excluding ortho intramolecular Hbond substituents is 1. The molecule has 354 valence electrons. The van der Waals surface area contributed by atoms with E-state index in [1.807, 2.05) is 25.1 Å². The Labute approximate surface area is 409 Å². The normalized spacial score (nSPS) is 12.4. The topological polar surface area (TPSA) is 200 Å². The van der Waals surface area contributed by atoms with E-state index in [0.717, 1.165) is 5.56 Å². The van der Waals surface area contributed by atoms with Gasteiger partial charge in [-0.3, -0.25) is 4.18 Å². The van der Waals surface area contributed by atoms with Gasteiger partial charge in [0.2, 0.25) is 12.0 Å². The summed E-state index contributed by atoms with van der Waals surface area (Å²) in [7, 11) is -2.57. The van der Waals surface area contributed by atoms with Crippen molar-refractivity contribution in [2.75, 3.05) is 13.7 Å². The molecule has 0 aliphatic carbocycles. The van der Waals surface area contributed by atoms with E-state index in [1.54, 1.807) is 67.9 Å². The number of phenols is 1. The highest BCUT2D eigenvalue weighted by Gasteiger charge is 2.28. The standard InChI is InChI=1S/C50H41Cl2FN4O10S2/c1-28-7-16-36(17-8-28)69(62,63)66-26-35(58)15-9-29-10-18-40(65-25-34-19-20-54-47(57-34)37-5-3-4-6-41(37)64-2)31(21-29)24-42(50(60)61)67-48-44-43(32-22-38(51)45(59)39(52)23-32)46(68-49(44)56-27-55-48)30-11-13-33(53)14-12-30/h3-8,10-14,16-23,27,35,42,58-59H,9,15,24-26H2,1-2H3,(H,60,61). The zero-order chi connectivity index (χ0) is 48.8. The van der Waals surface area contributed by atoms with E-state index in [0.29, 0.717) is 71.5 Å². The Morgan fingerprint density at radius 2 is 1.62 bits per heavy atom. The molecule has 0 spiro atoms. The van der Waals surface area contributed by atoms with Crippen LogP contribution < -0.4 is 14.2 Å². The fraction of sp³-hybridized carbons (Fsp3) is 0.180. The summed E-state index contributed by atoms with van der Waals surface area (Å²) in [6, 6.07) is 29.0. The molecule has 0 bridgehead atoms. The molecule has 0 aliphatic heterocycles. The lowest BCUT2D eigenvalue weighted by Crippen LogP contribution is -2.30. The van der Waals surface area contributed by atoms with Crippen LogP contribution in [0.25, 0.3) is 43.2 Å². The molecule has 0 fully saturated rings. The summed E-state index contributed by atoms with van der Waals surface area (Å²) in [6.45, 7) is 1.29. The predicted molar refractivity (Wildman–Crippen MR) is 259 cm³/mol. The molecule has 0 saturated heterocycles. The largest absolute Gasteiger partial charge is 0.505 e. The van der Waals surface area contributed by atoms with Gasteiger partial charge in [-0.2, -0.15) is 8.42 Å². The van der Waals surface area contributed by atoms with E-state index in [9.17, 15) is 32.9 Å². The van der Waals surface area contributed by atoms with Crippen molar-refractivity contribution in [1.82, 2.24) is 19.9 Å². The summed E-state index contributed by atoms with van der Waals surface area (Å²) in [6.07, 6.45) is 0.140. The number of carboxylic acid groups (broad SMARTS) is 1. The molecular weight excluding hydrogens is 971 g/mol. The van der Waals surface area contributed by atoms with E-state index >= 15 is 0 Å². The first kappa shape index (κ1) is 48.7. The van der Waals surface area contributed by atoms with Gasteiger partial charge in [-0.05, 0) is 103 Å². The molecule has 14 nitrogen and oxygen atoms in total. The van der Waals surface area contributed by atoms with Crippen molar-refractivity contribution in [3.05, 3.63) is 160 Å². The van der Waals surface area contributed by atoms with Crippen LogP contribution in [-0.4, -0.2) is 75.6 Å². The second kappa shape index (κ2) is 21.3. The number of para-hydroxylation sites is 1. The molecule has 3 aromatic heterocycles. The number of rotatable bonds is 19. The van der Waals surface area contributed by atoms with E-state index in [1.165, 1.54) is 54.1 Å². The third-order valence-electron chi connectivity index (χ3n) is 10.9. The average Bonchev–Trinajstić information content (AvgIpc) is 3.74. The minimum absolute atomic E-state index is 0.0332. The number of benzene rings is 5. The smallest absolute Gasteiger partial charge is 0.345 e. The SMILES string of the molecule is COc1ccccc1-c1nccc(COc2ccc(CCC(O)COS(=O)(=O)c3ccc(C)cc3)cc2CC(Oc2ncnc3sc(-c4ccc(F)cc4)c(-c4cc(Cl)c(O)c(Cl)c4)c23)C(=O)O)n1. The number of aromatic nitrogens is 4. The average molecular weight is 1010 g/mol. The van der Waals surface area contributed by atoms with Crippen LogP contribution in [0.1, 0.15) is 28.8 Å². The Bertz CT molecular complexity index is 3250. The lowest BCUT2D eigenvalue weighted by Gasteiger charge is -2.19. The van der Waals surface area contributed by atoms with Gasteiger partial charge in [-0.15, -0.1) is 11.3 Å². The van der Waals surface area contributed by atoms with Crippen LogP contribution in [0.15, 0.2) is 127 Å². The van der Waals surface area contributed by atoms with Gasteiger partial charge in [0.15, 0.2) is 11.6 Å². The first-order chi connectivity index (χ1) is 33.2. The van der Waals surface area contributed by atoms with Crippen molar-refractivity contribution in [2.24, 2.45) is 0 Å². The highest BCUT2D eigenvalue weighted by Crippen LogP contribution is 2.49. The number of hydrogen-bond acceptors (Lipinski definition) is 14. The summed E-state index contributed by atoms with van der Waals surface area (Å²) in [5.41, 5.74) is 4.59. The van der Waals surface area contributed by atoms with Gasteiger partial charge in [0.25, 0.3) is 10.1 Å². The van der Waals surface area contributed by atoms with Crippen LogP contribution >= 0.6 is 34.5 Å². The number of fused-ring (bicyclic) bond motifs is 1. The number of carbonyl (C=O) groups is 1. The van der Waals surface area contributed by atoms with Crippen LogP contribution in [0, 0.1) is 12.7 Å². The van der Waals surface area contributed by atoms with Gasteiger partial charge in [0.05, 0.1) is 51.4 Å². The van der Waals surface area contributed by atoms with Crippen molar-refractivity contribution in [3.63, 3.8) is 0 Å². The second-order valence-electron chi connectivity index (χ2n) is 15.7. The highest BCUT2D eigenvalue weighted by atomic mass is 35.5. The van der Waals surface area contributed by atoms with Gasteiger partial charge >= 0.3 is 5.97 Å². The van der Waals surface area contributed by atoms with E-state index in [4.69, 9.17) is 46.6 Å². The van der Waals surface area contributed by atoms with Crippen LogP contribution in [0.2, 0.25) is 10.0 Å². The molecule has 2 unspecified atom stereocenters. The maximum Gasteiger partial charge on any atom is 0.345 e. The number of hydrogen-bond donors (Lipinski definition) is 3. The monoisotopic (exact) mass is 1010 g/mol. The molecule has 8 rings (SSSR count). The lowest BCUT2D eigenvalue weighted by atomic mass is 9.99. The Hall–Kier alpha value is -6.73. The Kier molecular flexibility index (Phi) is 15.0. The molecule has 3 heterocycles. The molecule has 0 amide bonds. The molecular formula is C50H41Cl2FN4O10S2. The molecule has 8 aromatic rings. The van der Waals surface area contributed by atoms with Gasteiger partial charge in [0.1, 0.15) is 35.1 Å². The van der Waals surface area contributed by atoms with Gasteiger partial charge < -0.3 is 29.5 Å². The predicted octanol–water partition coefficient (Wildman–Crippen LogP) is 10.3. The van der Waals surface area contributed by atoms with Crippen molar-refractivity contribution >= 4 is 60.8 Å². The Morgan fingerprint density at radius 3 is 2.35 bits per heavy atom. The summed E-state index contributed by atoms with van der Waals surface area (Å²) in [4.78, 5) is 32.2. The minimum Gasteiger partial charge on any atom is -0.505 e. The highest BCUT2D eigenvalue weighted by molar-refractivity contribution is 7.86. The van der Waals surface area contributed by atoms with E-state index in [2.05, 4.69) is 15.0 Å². The third kappa shape index (κ3) is 11.4. The number of aliphatic hydroxyl groups excluding tert-OH is 1. The number of aryl methyl sites for hydroxylation is 2. The Balaban J connectivity index is 1.11. The first-order valence-electron chi connectivity index (χ1n) is 21.1. The maximum atomic E-state index is 14.1. The number of halogens is 3. The number of aliphatic hydroxyl groups is 1. The summed E-state index contributed by atoms with van der Waals surface area (Å²) >= 11 is 14.0.